The molecule has 1 unspecified atom stereocenters. The van der Waals surface area contributed by atoms with E-state index in [0.29, 0.717) is 10.6 Å². The van der Waals surface area contributed by atoms with E-state index in [-0.39, 0.29) is 11.5 Å². The van der Waals surface area contributed by atoms with E-state index in [0.717, 1.165) is 0 Å². The molecule has 0 radical (unpaired) electrons. The second-order valence-electron chi connectivity index (χ2n) is 4.01. The molecule has 0 saturated heterocycles. The van der Waals surface area contributed by atoms with Crippen LogP contribution in [0.2, 0.25) is 5.02 Å². The summed E-state index contributed by atoms with van der Waals surface area (Å²) in [6, 6.07) is 6.37. The SMILES string of the molecule is CC(OC(=O)c1cnccn1)C(=O)c1ccc(Cl)cc1. The number of esters is 1. The Morgan fingerprint density at radius 3 is 2.50 bits per heavy atom. The van der Waals surface area contributed by atoms with Gasteiger partial charge in [0.15, 0.2) is 11.8 Å². The quantitative estimate of drug-likeness (QED) is 0.639. The summed E-state index contributed by atoms with van der Waals surface area (Å²) in [4.78, 5) is 31.4. The van der Waals surface area contributed by atoms with Crippen molar-refractivity contribution in [2.75, 3.05) is 0 Å². The van der Waals surface area contributed by atoms with Gasteiger partial charge in [-0.25, -0.2) is 9.78 Å². The zero-order valence-corrected chi connectivity index (χ0v) is 11.4. The highest BCUT2D eigenvalue weighted by molar-refractivity contribution is 6.30. The van der Waals surface area contributed by atoms with E-state index >= 15 is 0 Å². The number of rotatable bonds is 4. The standard InChI is InChI=1S/C14H11ClN2O3/c1-9(13(18)10-2-4-11(15)5-3-10)20-14(19)12-8-16-6-7-17-12/h2-9H,1H3. The number of aromatic nitrogens is 2. The molecule has 0 bridgehead atoms. The molecular weight excluding hydrogens is 280 g/mol. The molecule has 1 aromatic heterocycles. The monoisotopic (exact) mass is 290 g/mol. The smallest absolute Gasteiger partial charge is 0.359 e. The Morgan fingerprint density at radius 2 is 1.90 bits per heavy atom. The maximum Gasteiger partial charge on any atom is 0.359 e. The Hall–Kier alpha value is -2.27. The first-order valence-electron chi connectivity index (χ1n) is 5.84. The van der Waals surface area contributed by atoms with Crippen LogP contribution in [0.4, 0.5) is 0 Å². The Bertz CT molecular complexity index is 614. The predicted octanol–water partition coefficient (Wildman–Crippen LogP) is 2.56. The van der Waals surface area contributed by atoms with Crippen molar-refractivity contribution >= 4 is 23.4 Å². The number of nitrogens with zero attached hydrogens (tertiary/aromatic N) is 2. The molecule has 0 spiro atoms. The summed E-state index contributed by atoms with van der Waals surface area (Å²) >= 11 is 5.75. The molecule has 1 aromatic carbocycles. The van der Waals surface area contributed by atoms with Gasteiger partial charge in [-0.1, -0.05) is 11.6 Å². The number of carbonyl (C=O) groups is 2. The summed E-state index contributed by atoms with van der Waals surface area (Å²) in [6.07, 6.45) is 3.19. The Balaban J connectivity index is 2.05. The van der Waals surface area contributed by atoms with E-state index in [1.54, 1.807) is 24.3 Å². The molecule has 0 fully saturated rings. The summed E-state index contributed by atoms with van der Waals surface area (Å²) in [5.41, 5.74) is 0.483. The van der Waals surface area contributed by atoms with Gasteiger partial charge in [0.1, 0.15) is 0 Å². The molecule has 0 aliphatic rings. The van der Waals surface area contributed by atoms with Gasteiger partial charge in [0.05, 0.1) is 6.20 Å². The lowest BCUT2D eigenvalue weighted by molar-refractivity contribution is 0.0312. The van der Waals surface area contributed by atoms with Crippen molar-refractivity contribution in [1.82, 2.24) is 9.97 Å². The summed E-state index contributed by atoms with van der Waals surface area (Å²) in [5, 5.41) is 0.533. The second-order valence-corrected chi connectivity index (χ2v) is 4.45. The molecule has 0 aliphatic heterocycles. The number of ketones is 1. The van der Waals surface area contributed by atoms with Crippen LogP contribution in [0.5, 0.6) is 0 Å². The molecule has 1 atom stereocenters. The first-order chi connectivity index (χ1) is 9.58. The lowest BCUT2D eigenvalue weighted by Crippen LogP contribution is -2.24. The molecular formula is C14H11ClN2O3. The maximum absolute atomic E-state index is 12.1. The molecule has 6 heteroatoms. The fourth-order valence-electron chi connectivity index (χ4n) is 1.53. The third kappa shape index (κ3) is 3.39. The highest BCUT2D eigenvalue weighted by Crippen LogP contribution is 2.13. The molecule has 2 rings (SSSR count). The van der Waals surface area contributed by atoms with Crippen LogP contribution in [-0.2, 0) is 4.74 Å². The molecule has 102 valence electrons. The van der Waals surface area contributed by atoms with Crippen molar-refractivity contribution in [2.24, 2.45) is 0 Å². The van der Waals surface area contributed by atoms with E-state index in [4.69, 9.17) is 16.3 Å². The second kappa shape index (κ2) is 6.25. The van der Waals surface area contributed by atoms with Gasteiger partial charge in [-0.3, -0.25) is 9.78 Å². The lowest BCUT2D eigenvalue weighted by Gasteiger charge is -2.11. The van der Waals surface area contributed by atoms with Gasteiger partial charge in [0.2, 0.25) is 5.78 Å². The Kier molecular flexibility index (Phi) is 4.42. The van der Waals surface area contributed by atoms with E-state index in [9.17, 15) is 9.59 Å². The van der Waals surface area contributed by atoms with Crippen molar-refractivity contribution in [3.05, 3.63) is 59.1 Å². The average molecular weight is 291 g/mol. The summed E-state index contributed by atoms with van der Waals surface area (Å²) < 4.78 is 5.06. The van der Waals surface area contributed by atoms with Gasteiger partial charge >= 0.3 is 5.97 Å². The fraction of sp³-hybridized carbons (Fsp3) is 0.143. The average Bonchev–Trinajstić information content (AvgIpc) is 2.48. The topological polar surface area (TPSA) is 69.2 Å². The van der Waals surface area contributed by atoms with Crippen LogP contribution in [0.25, 0.3) is 0 Å². The molecule has 0 aliphatic carbocycles. The number of carbonyl (C=O) groups excluding carboxylic acids is 2. The van der Waals surface area contributed by atoms with Crippen LogP contribution in [0.1, 0.15) is 27.8 Å². The third-order valence-corrected chi connectivity index (χ3v) is 2.81. The van der Waals surface area contributed by atoms with E-state index in [1.165, 1.54) is 25.5 Å². The van der Waals surface area contributed by atoms with Crippen molar-refractivity contribution in [1.29, 1.82) is 0 Å². The number of Topliss-reactive ketones (excluding diaryl/α,β-unsaturated/α-hetero) is 1. The summed E-state index contributed by atoms with van der Waals surface area (Å²) in [5.74, 6) is -0.994. The van der Waals surface area contributed by atoms with Crippen molar-refractivity contribution in [3.63, 3.8) is 0 Å². The summed E-state index contributed by atoms with van der Waals surface area (Å²) in [7, 11) is 0. The van der Waals surface area contributed by atoms with Crippen LogP contribution in [0.15, 0.2) is 42.9 Å². The van der Waals surface area contributed by atoms with E-state index in [1.807, 2.05) is 0 Å². The highest BCUT2D eigenvalue weighted by Gasteiger charge is 2.21. The van der Waals surface area contributed by atoms with Gasteiger partial charge in [-0.05, 0) is 31.2 Å². The predicted molar refractivity (Wildman–Crippen MR) is 72.7 cm³/mol. The summed E-state index contributed by atoms with van der Waals surface area (Å²) in [6.45, 7) is 1.51. The minimum absolute atomic E-state index is 0.0586. The third-order valence-electron chi connectivity index (χ3n) is 2.55. The van der Waals surface area contributed by atoms with Crippen molar-refractivity contribution in [2.45, 2.75) is 13.0 Å². The fourth-order valence-corrected chi connectivity index (χ4v) is 1.65. The Labute approximate surface area is 120 Å². The molecule has 5 nitrogen and oxygen atoms in total. The molecule has 20 heavy (non-hydrogen) atoms. The largest absolute Gasteiger partial charge is 0.449 e. The molecule has 0 N–H and O–H groups in total. The van der Waals surface area contributed by atoms with Gasteiger partial charge in [0, 0.05) is 23.0 Å². The van der Waals surface area contributed by atoms with Crippen molar-refractivity contribution < 1.29 is 14.3 Å². The van der Waals surface area contributed by atoms with Crippen LogP contribution < -0.4 is 0 Å². The normalized spacial score (nSPS) is 11.7. The number of halogens is 1. The van der Waals surface area contributed by atoms with Gasteiger partial charge in [0.25, 0.3) is 0 Å². The molecule has 0 saturated carbocycles. The number of hydrogen-bond donors (Lipinski definition) is 0. The molecule has 1 heterocycles. The van der Waals surface area contributed by atoms with Crippen LogP contribution in [0.3, 0.4) is 0 Å². The Morgan fingerprint density at radius 1 is 1.20 bits per heavy atom. The first kappa shape index (κ1) is 14.1. The minimum atomic E-state index is -0.911. The zero-order valence-electron chi connectivity index (χ0n) is 10.6. The number of benzene rings is 1. The van der Waals surface area contributed by atoms with Gasteiger partial charge < -0.3 is 4.74 Å². The van der Waals surface area contributed by atoms with Crippen LogP contribution >= 0.6 is 11.6 Å². The van der Waals surface area contributed by atoms with Crippen LogP contribution in [-0.4, -0.2) is 27.8 Å². The number of hydrogen-bond acceptors (Lipinski definition) is 5. The van der Waals surface area contributed by atoms with Crippen LogP contribution in [0, 0.1) is 0 Å². The molecule has 0 amide bonds. The minimum Gasteiger partial charge on any atom is -0.449 e. The lowest BCUT2D eigenvalue weighted by atomic mass is 10.1. The van der Waals surface area contributed by atoms with Gasteiger partial charge in [-0.2, -0.15) is 0 Å². The highest BCUT2D eigenvalue weighted by atomic mass is 35.5. The number of ether oxygens (including phenoxy) is 1. The van der Waals surface area contributed by atoms with Gasteiger partial charge in [-0.15, -0.1) is 0 Å². The first-order valence-corrected chi connectivity index (χ1v) is 6.22. The van der Waals surface area contributed by atoms with Crippen molar-refractivity contribution in [3.8, 4) is 0 Å². The van der Waals surface area contributed by atoms with E-state index < -0.39 is 12.1 Å². The maximum atomic E-state index is 12.1. The molecule has 2 aromatic rings. The zero-order chi connectivity index (χ0) is 14.5. The van der Waals surface area contributed by atoms with E-state index in [2.05, 4.69) is 9.97 Å².